The number of ketones is 1. The highest BCUT2D eigenvalue weighted by Gasteiger charge is 2.38. The molecule has 2 amide bonds. The third-order valence-corrected chi connectivity index (χ3v) is 4.91. The SMILES string of the molecule is COc1ccccc1C(=O)CN1C(=O)c2ccccc2O[C@@H](c2ccccc2)C1=O. The molecular weight excluding hydrogens is 382 g/mol. The number of carbonyl (C=O) groups excluding carboxylic acids is 3. The maximum absolute atomic E-state index is 13.3. The number of imide groups is 1. The van der Waals surface area contributed by atoms with Crippen LogP contribution in [0.2, 0.25) is 0 Å². The first-order chi connectivity index (χ1) is 14.6. The molecule has 1 aliphatic heterocycles. The molecular formula is C24H19NO5. The van der Waals surface area contributed by atoms with Gasteiger partial charge in [-0.25, -0.2) is 0 Å². The Labute approximate surface area is 173 Å². The highest BCUT2D eigenvalue weighted by Crippen LogP contribution is 2.32. The van der Waals surface area contributed by atoms with Gasteiger partial charge >= 0.3 is 0 Å². The van der Waals surface area contributed by atoms with Gasteiger partial charge in [-0.2, -0.15) is 0 Å². The molecule has 0 spiro atoms. The summed E-state index contributed by atoms with van der Waals surface area (Å²) in [6.07, 6.45) is -1.04. The summed E-state index contributed by atoms with van der Waals surface area (Å²) in [6, 6.07) is 22.2. The van der Waals surface area contributed by atoms with Crippen LogP contribution < -0.4 is 9.47 Å². The second-order valence-corrected chi connectivity index (χ2v) is 6.76. The first kappa shape index (κ1) is 19.4. The first-order valence-electron chi connectivity index (χ1n) is 9.42. The number of nitrogens with zero attached hydrogens (tertiary/aromatic N) is 1. The van der Waals surface area contributed by atoms with E-state index in [1.54, 1.807) is 72.8 Å². The maximum Gasteiger partial charge on any atom is 0.275 e. The van der Waals surface area contributed by atoms with Gasteiger partial charge in [-0.15, -0.1) is 0 Å². The molecule has 1 heterocycles. The van der Waals surface area contributed by atoms with Crippen LogP contribution in [0.4, 0.5) is 0 Å². The Morgan fingerprint density at radius 2 is 1.60 bits per heavy atom. The summed E-state index contributed by atoms with van der Waals surface area (Å²) >= 11 is 0. The fourth-order valence-corrected chi connectivity index (χ4v) is 3.40. The number of hydrogen-bond acceptors (Lipinski definition) is 5. The number of rotatable bonds is 5. The lowest BCUT2D eigenvalue weighted by atomic mass is 10.1. The summed E-state index contributed by atoms with van der Waals surface area (Å²) in [5, 5.41) is 0. The van der Waals surface area contributed by atoms with Crippen molar-refractivity contribution in [3.63, 3.8) is 0 Å². The van der Waals surface area contributed by atoms with Gasteiger partial charge in [0, 0.05) is 5.56 Å². The molecule has 6 heteroatoms. The molecule has 6 nitrogen and oxygen atoms in total. The lowest BCUT2D eigenvalue weighted by Crippen LogP contribution is -2.42. The molecule has 4 rings (SSSR count). The third kappa shape index (κ3) is 3.55. The lowest BCUT2D eigenvalue weighted by molar-refractivity contribution is -0.135. The first-order valence-corrected chi connectivity index (χ1v) is 9.42. The van der Waals surface area contributed by atoms with Crippen molar-refractivity contribution in [3.05, 3.63) is 95.6 Å². The summed E-state index contributed by atoms with van der Waals surface area (Å²) in [5.41, 5.74) is 1.13. The number of fused-ring (bicyclic) bond motifs is 1. The van der Waals surface area contributed by atoms with Gasteiger partial charge in [0.15, 0.2) is 5.78 Å². The predicted octanol–water partition coefficient (Wildman–Crippen LogP) is 3.68. The van der Waals surface area contributed by atoms with E-state index < -0.39 is 30.2 Å². The van der Waals surface area contributed by atoms with E-state index in [0.29, 0.717) is 22.6 Å². The second-order valence-electron chi connectivity index (χ2n) is 6.76. The second kappa shape index (κ2) is 8.21. The van der Waals surface area contributed by atoms with Crippen LogP contribution in [0.15, 0.2) is 78.9 Å². The number of ether oxygens (including phenoxy) is 2. The minimum absolute atomic E-state index is 0.233. The Kier molecular flexibility index (Phi) is 5.30. The Morgan fingerprint density at radius 3 is 2.37 bits per heavy atom. The Hall–Kier alpha value is -3.93. The molecule has 0 saturated heterocycles. The minimum atomic E-state index is -1.04. The predicted molar refractivity (Wildman–Crippen MR) is 110 cm³/mol. The molecule has 0 radical (unpaired) electrons. The highest BCUT2D eigenvalue weighted by molar-refractivity contribution is 6.12. The average Bonchev–Trinajstić information content (AvgIpc) is 2.90. The van der Waals surface area contributed by atoms with Gasteiger partial charge in [0.2, 0.25) is 6.10 Å². The monoisotopic (exact) mass is 401 g/mol. The van der Waals surface area contributed by atoms with Crippen LogP contribution in [-0.2, 0) is 4.79 Å². The van der Waals surface area contributed by atoms with Gasteiger partial charge in [0.1, 0.15) is 11.5 Å². The topological polar surface area (TPSA) is 72.9 Å². The number of Topliss-reactive ketones (excluding diaryl/α,β-unsaturated/α-hetero) is 1. The van der Waals surface area contributed by atoms with Crippen molar-refractivity contribution in [1.29, 1.82) is 0 Å². The van der Waals surface area contributed by atoms with Gasteiger partial charge in [0.25, 0.3) is 11.8 Å². The Bertz CT molecular complexity index is 1110. The quantitative estimate of drug-likeness (QED) is 0.482. The summed E-state index contributed by atoms with van der Waals surface area (Å²) in [5.74, 6) is -0.881. The lowest BCUT2D eigenvalue weighted by Gasteiger charge is -2.22. The van der Waals surface area contributed by atoms with E-state index in [1.165, 1.54) is 7.11 Å². The average molecular weight is 401 g/mol. The van der Waals surface area contributed by atoms with Crippen LogP contribution in [0.5, 0.6) is 11.5 Å². The van der Waals surface area contributed by atoms with Gasteiger partial charge < -0.3 is 9.47 Å². The largest absolute Gasteiger partial charge is 0.496 e. The van der Waals surface area contributed by atoms with Crippen molar-refractivity contribution in [1.82, 2.24) is 4.90 Å². The van der Waals surface area contributed by atoms with E-state index in [0.717, 1.165) is 4.90 Å². The van der Waals surface area contributed by atoms with Crippen molar-refractivity contribution >= 4 is 17.6 Å². The fourth-order valence-electron chi connectivity index (χ4n) is 3.40. The van der Waals surface area contributed by atoms with Crippen LogP contribution in [0.3, 0.4) is 0 Å². The van der Waals surface area contributed by atoms with E-state index in [-0.39, 0.29) is 5.56 Å². The van der Waals surface area contributed by atoms with Crippen LogP contribution in [0.25, 0.3) is 0 Å². The van der Waals surface area contributed by atoms with Gasteiger partial charge in [0.05, 0.1) is 24.8 Å². The molecule has 0 unspecified atom stereocenters. The summed E-state index contributed by atoms with van der Waals surface area (Å²) in [6.45, 7) is -0.418. The number of carbonyl (C=O) groups is 3. The van der Waals surface area contributed by atoms with E-state index >= 15 is 0 Å². The van der Waals surface area contributed by atoms with Gasteiger partial charge in [-0.3, -0.25) is 19.3 Å². The molecule has 0 aliphatic carbocycles. The van der Waals surface area contributed by atoms with Crippen molar-refractivity contribution in [3.8, 4) is 11.5 Å². The summed E-state index contributed by atoms with van der Waals surface area (Å²) in [4.78, 5) is 40.5. The van der Waals surface area contributed by atoms with Gasteiger partial charge in [-0.1, -0.05) is 54.6 Å². The van der Waals surface area contributed by atoms with E-state index in [9.17, 15) is 14.4 Å². The third-order valence-electron chi connectivity index (χ3n) is 4.91. The molecule has 0 N–H and O–H groups in total. The van der Waals surface area contributed by atoms with Crippen molar-refractivity contribution in [2.24, 2.45) is 0 Å². The molecule has 3 aromatic carbocycles. The van der Waals surface area contributed by atoms with E-state index in [2.05, 4.69) is 0 Å². The molecule has 0 bridgehead atoms. The number of benzene rings is 3. The standard InChI is InChI=1S/C24H19NO5/c1-29-20-13-7-5-11-17(20)19(26)15-25-23(27)18-12-6-8-14-21(18)30-22(24(25)28)16-9-3-2-4-10-16/h2-14,22H,15H2,1H3/t22-/m0/s1. The normalized spacial score (nSPS) is 15.8. The number of hydrogen-bond donors (Lipinski definition) is 0. The minimum Gasteiger partial charge on any atom is -0.496 e. The molecule has 1 aliphatic rings. The van der Waals surface area contributed by atoms with E-state index in [1.807, 2.05) is 6.07 Å². The van der Waals surface area contributed by atoms with E-state index in [4.69, 9.17) is 9.47 Å². The Morgan fingerprint density at radius 1 is 0.933 bits per heavy atom. The molecule has 1 atom stereocenters. The van der Waals surface area contributed by atoms with Crippen LogP contribution in [0, 0.1) is 0 Å². The highest BCUT2D eigenvalue weighted by atomic mass is 16.5. The number of methoxy groups -OCH3 is 1. The molecule has 3 aromatic rings. The fraction of sp³-hybridized carbons (Fsp3) is 0.125. The van der Waals surface area contributed by atoms with Crippen molar-refractivity contribution < 1.29 is 23.9 Å². The maximum atomic E-state index is 13.3. The number of para-hydroxylation sites is 2. The molecule has 150 valence electrons. The van der Waals surface area contributed by atoms with Crippen molar-refractivity contribution in [2.45, 2.75) is 6.10 Å². The molecule has 0 aromatic heterocycles. The Balaban J connectivity index is 1.74. The number of amides is 2. The smallest absolute Gasteiger partial charge is 0.275 e. The van der Waals surface area contributed by atoms with Crippen LogP contribution in [-0.4, -0.2) is 36.2 Å². The summed E-state index contributed by atoms with van der Waals surface area (Å²) in [7, 11) is 1.46. The zero-order valence-corrected chi connectivity index (χ0v) is 16.3. The molecule has 0 fully saturated rings. The van der Waals surface area contributed by atoms with Crippen LogP contribution >= 0.6 is 0 Å². The molecule has 30 heavy (non-hydrogen) atoms. The van der Waals surface area contributed by atoms with Crippen molar-refractivity contribution in [2.75, 3.05) is 13.7 Å². The van der Waals surface area contributed by atoms with Gasteiger partial charge in [-0.05, 0) is 24.3 Å². The zero-order valence-electron chi connectivity index (χ0n) is 16.3. The molecule has 0 saturated carbocycles. The summed E-state index contributed by atoms with van der Waals surface area (Å²) < 4.78 is 11.2. The zero-order chi connectivity index (χ0) is 21.1. The van der Waals surface area contributed by atoms with Crippen LogP contribution in [0.1, 0.15) is 32.4 Å².